The quantitative estimate of drug-likeness (QED) is 0.129. The van der Waals surface area contributed by atoms with Crippen molar-refractivity contribution in [1.29, 1.82) is 0 Å². The van der Waals surface area contributed by atoms with E-state index in [0.29, 0.717) is 0 Å². The fourth-order valence-electron chi connectivity index (χ4n) is 8.83. The molecule has 0 aliphatic carbocycles. The summed E-state index contributed by atoms with van der Waals surface area (Å²) in [6, 6.07) is 61.2. The van der Waals surface area contributed by atoms with Gasteiger partial charge < -0.3 is 4.90 Å². The first kappa shape index (κ1) is 31.3. The Labute approximate surface area is 310 Å². The molecule has 0 heterocycles. The van der Waals surface area contributed by atoms with Gasteiger partial charge in [0.1, 0.15) is 0 Å². The van der Waals surface area contributed by atoms with Gasteiger partial charge in [-0.2, -0.15) is 0 Å². The molecule has 0 bridgehead atoms. The summed E-state index contributed by atoms with van der Waals surface area (Å²) in [6.45, 7) is 8.82. The molecule has 0 atom stereocenters. The third-order valence-corrected chi connectivity index (χ3v) is 11.2. The molecular formula is C52H39N. The van der Waals surface area contributed by atoms with Crippen LogP contribution in [0.4, 0.5) is 17.1 Å². The number of hydrogen-bond acceptors (Lipinski definition) is 1. The van der Waals surface area contributed by atoms with E-state index in [1.54, 1.807) is 0 Å². The highest BCUT2D eigenvalue weighted by Gasteiger charge is 2.23. The minimum Gasteiger partial charge on any atom is -0.309 e. The van der Waals surface area contributed by atoms with Crippen molar-refractivity contribution in [2.24, 2.45) is 0 Å². The van der Waals surface area contributed by atoms with Crippen molar-refractivity contribution in [3.8, 4) is 22.3 Å². The molecule has 0 aromatic heterocycles. The van der Waals surface area contributed by atoms with E-state index in [1.165, 1.54) is 104 Å². The van der Waals surface area contributed by atoms with Crippen LogP contribution in [-0.2, 0) is 0 Å². The predicted molar refractivity (Wildman–Crippen MR) is 230 cm³/mol. The van der Waals surface area contributed by atoms with E-state index in [0.717, 1.165) is 11.4 Å². The van der Waals surface area contributed by atoms with E-state index in [-0.39, 0.29) is 0 Å². The number of anilines is 3. The molecule has 10 rings (SSSR count). The summed E-state index contributed by atoms with van der Waals surface area (Å²) in [5.74, 6) is 0. The first-order valence-corrected chi connectivity index (χ1v) is 18.6. The van der Waals surface area contributed by atoms with Crippen LogP contribution in [0.1, 0.15) is 22.3 Å². The van der Waals surface area contributed by atoms with Gasteiger partial charge in [0.05, 0.1) is 5.69 Å². The number of hydrogen-bond donors (Lipinski definition) is 0. The van der Waals surface area contributed by atoms with Crippen LogP contribution in [0.3, 0.4) is 0 Å². The highest BCUT2D eigenvalue weighted by atomic mass is 15.1. The van der Waals surface area contributed by atoms with Gasteiger partial charge in [0.15, 0.2) is 0 Å². The molecule has 0 fully saturated rings. The first-order valence-electron chi connectivity index (χ1n) is 18.6. The van der Waals surface area contributed by atoms with E-state index in [1.807, 2.05) is 0 Å². The maximum Gasteiger partial charge on any atom is 0.0618 e. The summed E-state index contributed by atoms with van der Waals surface area (Å²) in [4.78, 5) is 2.45. The summed E-state index contributed by atoms with van der Waals surface area (Å²) >= 11 is 0. The van der Waals surface area contributed by atoms with Crippen molar-refractivity contribution >= 4 is 70.9 Å². The number of aryl methyl sites for hydroxylation is 4. The molecular weight excluding hydrogens is 639 g/mol. The van der Waals surface area contributed by atoms with Gasteiger partial charge in [-0.1, -0.05) is 145 Å². The summed E-state index contributed by atoms with van der Waals surface area (Å²) in [7, 11) is 0. The van der Waals surface area contributed by atoms with Crippen LogP contribution in [0.25, 0.3) is 76.1 Å². The van der Waals surface area contributed by atoms with Crippen molar-refractivity contribution in [3.05, 3.63) is 186 Å². The Kier molecular flexibility index (Phi) is 7.13. The summed E-state index contributed by atoms with van der Waals surface area (Å²) in [5, 5.41) is 12.9. The fraction of sp³-hybridized carbons (Fsp3) is 0.0769. The molecule has 53 heavy (non-hydrogen) atoms. The second-order valence-electron chi connectivity index (χ2n) is 14.8. The molecule has 252 valence electrons. The Morgan fingerprint density at radius 1 is 0.358 bits per heavy atom. The zero-order valence-corrected chi connectivity index (χ0v) is 30.5. The van der Waals surface area contributed by atoms with Crippen LogP contribution in [-0.4, -0.2) is 0 Å². The van der Waals surface area contributed by atoms with Crippen molar-refractivity contribution in [2.45, 2.75) is 27.7 Å². The molecule has 0 amide bonds. The predicted octanol–water partition coefficient (Wildman–Crippen LogP) is 14.9. The lowest BCUT2D eigenvalue weighted by molar-refractivity contribution is 1.29. The maximum atomic E-state index is 2.45. The number of rotatable bonds is 5. The summed E-state index contributed by atoms with van der Waals surface area (Å²) in [6.07, 6.45) is 0. The Bertz CT molecular complexity index is 2920. The van der Waals surface area contributed by atoms with E-state index >= 15 is 0 Å². The molecule has 1 nitrogen and oxygen atoms in total. The molecule has 0 aliphatic heterocycles. The second-order valence-corrected chi connectivity index (χ2v) is 14.8. The Morgan fingerprint density at radius 2 is 0.887 bits per heavy atom. The smallest absolute Gasteiger partial charge is 0.0618 e. The molecule has 0 radical (unpaired) electrons. The van der Waals surface area contributed by atoms with Crippen molar-refractivity contribution in [3.63, 3.8) is 0 Å². The molecule has 0 saturated heterocycles. The molecule has 10 aromatic rings. The van der Waals surface area contributed by atoms with E-state index in [4.69, 9.17) is 0 Å². The van der Waals surface area contributed by atoms with Crippen molar-refractivity contribution < 1.29 is 0 Å². The standard InChI is InChI=1S/C52H39N/c1-32-16-23-41(24-17-32)53(42-25-18-33(2)19-26-42)52-46-14-7-5-12-44(46)50(45-13-6-8-15-47(45)52)40-29-34(3)28-39(31-40)43-27-22-37-21-20-36-10-9-11-38-30-35(4)48(43)51(37)49(36)38/h5-31H,1-4H3. The molecule has 0 spiro atoms. The van der Waals surface area contributed by atoms with E-state index in [2.05, 4.69) is 196 Å². The van der Waals surface area contributed by atoms with Gasteiger partial charge in [0.2, 0.25) is 0 Å². The largest absolute Gasteiger partial charge is 0.309 e. The van der Waals surface area contributed by atoms with Gasteiger partial charge in [-0.3, -0.25) is 0 Å². The van der Waals surface area contributed by atoms with E-state index < -0.39 is 0 Å². The highest BCUT2D eigenvalue weighted by molar-refractivity contribution is 6.27. The molecule has 0 N–H and O–H groups in total. The van der Waals surface area contributed by atoms with Crippen LogP contribution in [0.5, 0.6) is 0 Å². The van der Waals surface area contributed by atoms with Crippen LogP contribution < -0.4 is 4.90 Å². The van der Waals surface area contributed by atoms with E-state index in [9.17, 15) is 0 Å². The summed E-state index contributed by atoms with van der Waals surface area (Å²) in [5.41, 5.74) is 13.6. The van der Waals surface area contributed by atoms with Gasteiger partial charge >= 0.3 is 0 Å². The van der Waals surface area contributed by atoms with Gasteiger partial charge in [-0.15, -0.1) is 0 Å². The third-order valence-electron chi connectivity index (χ3n) is 11.2. The van der Waals surface area contributed by atoms with Crippen LogP contribution in [0, 0.1) is 27.7 Å². The van der Waals surface area contributed by atoms with Crippen molar-refractivity contribution in [2.75, 3.05) is 4.90 Å². The average molecular weight is 678 g/mol. The zero-order valence-electron chi connectivity index (χ0n) is 30.5. The normalized spacial score (nSPS) is 11.8. The number of nitrogens with zero attached hydrogens (tertiary/aromatic N) is 1. The Morgan fingerprint density at radius 3 is 1.51 bits per heavy atom. The Hall–Kier alpha value is -6.44. The van der Waals surface area contributed by atoms with Crippen LogP contribution in [0.2, 0.25) is 0 Å². The third kappa shape index (κ3) is 4.99. The number of benzene rings is 10. The SMILES string of the molecule is Cc1ccc(N(c2ccc(C)cc2)c2c3ccccc3c(-c3cc(C)cc(-c4ccc5ccc6cccc7cc(C)c4c5c67)c3)c3ccccc23)cc1. The molecule has 1 heteroatoms. The maximum absolute atomic E-state index is 2.45. The monoisotopic (exact) mass is 677 g/mol. The minimum atomic E-state index is 1.14. The zero-order chi connectivity index (χ0) is 35.8. The molecule has 0 aliphatic rings. The van der Waals surface area contributed by atoms with Crippen LogP contribution >= 0.6 is 0 Å². The lowest BCUT2D eigenvalue weighted by atomic mass is 9.85. The molecule has 0 saturated carbocycles. The average Bonchev–Trinajstić information content (AvgIpc) is 3.18. The fourth-order valence-corrected chi connectivity index (χ4v) is 8.83. The molecule has 0 unspecified atom stereocenters. The number of fused-ring (bicyclic) bond motifs is 2. The van der Waals surface area contributed by atoms with Crippen LogP contribution in [0.15, 0.2) is 164 Å². The molecule has 10 aromatic carbocycles. The summed E-state index contributed by atoms with van der Waals surface area (Å²) < 4.78 is 0. The van der Waals surface area contributed by atoms with Crippen molar-refractivity contribution in [1.82, 2.24) is 0 Å². The lowest BCUT2D eigenvalue weighted by Gasteiger charge is -2.30. The van der Waals surface area contributed by atoms with Gasteiger partial charge in [0, 0.05) is 22.1 Å². The lowest BCUT2D eigenvalue weighted by Crippen LogP contribution is -2.11. The van der Waals surface area contributed by atoms with Gasteiger partial charge in [-0.25, -0.2) is 0 Å². The Balaban J connectivity index is 1.26. The second kappa shape index (κ2) is 12.1. The minimum absolute atomic E-state index is 1.14. The van der Waals surface area contributed by atoms with Gasteiger partial charge in [-0.05, 0) is 134 Å². The topological polar surface area (TPSA) is 3.24 Å². The van der Waals surface area contributed by atoms with Gasteiger partial charge in [0.25, 0.3) is 0 Å². The highest BCUT2D eigenvalue weighted by Crippen LogP contribution is 2.49. The first-order chi connectivity index (χ1) is 25.9.